The molecule has 4 aromatic rings. The van der Waals surface area contributed by atoms with Crippen molar-refractivity contribution >= 4 is 11.2 Å². The third-order valence-corrected chi connectivity index (χ3v) is 4.68. The van der Waals surface area contributed by atoms with Gasteiger partial charge in [-0.3, -0.25) is 4.68 Å². The van der Waals surface area contributed by atoms with Crippen LogP contribution in [0.3, 0.4) is 0 Å². The van der Waals surface area contributed by atoms with Crippen molar-refractivity contribution in [2.45, 2.75) is 19.4 Å². The van der Waals surface area contributed by atoms with E-state index in [2.05, 4.69) is 26.4 Å². The van der Waals surface area contributed by atoms with Gasteiger partial charge in [-0.1, -0.05) is 36.4 Å². The number of nitrogens with zero attached hydrogens (tertiary/aromatic N) is 7. The number of aromatic nitrogens is 7. The van der Waals surface area contributed by atoms with E-state index >= 15 is 0 Å². The number of fused-ring (bicyclic) bond motifs is 1. The van der Waals surface area contributed by atoms with Gasteiger partial charge in [0.05, 0.1) is 0 Å². The molecule has 0 fully saturated rings. The average Bonchev–Trinajstić information content (AvgIpc) is 3.25. The Morgan fingerprint density at radius 3 is 2.70 bits per heavy atom. The Labute approximate surface area is 155 Å². The van der Waals surface area contributed by atoms with Gasteiger partial charge in [0, 0.05) is 18.2 Å². The van der Waals surface area contributed by atoms with Gasteiger partial charge in [0.1, 0.15) is 12.9 Å². The highest BCUT2D eigenvalue weighted by Crippen LogP contribution is 2.35. The van der Waals surface area contributed by atoms with E-state index in [1.807, 2.05) is 43.4 Å². The summed E-state index contributed by atoms with van der Waals surface area (Å²) < 4.78 is 9.45. The molecule has 0 saturated carbocycles. The lowest BCUT2D eigenvalue weighted by Crippen LogP contribution is -2.09. The lowest BCUT2D eigenvalue weighted by Gasteiger charge is -2.17. The van der Waals surface area contributed by atoms with Crippen molar-refractivity contribution in [1.82, 2.24) is 34.6 Å². The Bertz CT molecular complexity index is 1140. The maximum absolute atomic E-state index is 6.04. The quantitative estimate of drug-likeness (QED) is 0.545. The number of aryl methyl sites for hydroxylation is 1. The van der Waals surface area contributed by atoms with Crippen LogP contribution < -0.4 is 4.74 Å². The second-order valence-corrected chi connectivity index (χ2v) is 6.38. The Morgan fingerprint density at radius 2 is 2.00 bits per heavy atom. The number of rotatable bonds is 5. The Hall–Kier alpha value is -3.55. The monoisotopic (exact) mass is 359 g/mol. The van der Waals surface area contributed by atoms with Crippen molar-refractivity contribution in [1.29, 1.82) is 0 Å². The van der Waals surface area contributed by atoms with Gasteiger partial charge in [0.2, 0.25) is 5.88 Å². The minimum atomic E-state index is 0.290. The van der Waals surface area contributed by atoms with Crippen LogP contribution in [0.2, 0.25) is 0 Å². The van der Waals surface area contributed by atoms with Crippen molar-refractivity contribution in [3.05, 3.63) is 60.2 Å². The third kappa shape index (κ3) is 2.75. The van der Waals surface area contributed by atoms with Crippen molar-refractivity contribution in [2.75, 3.05) is 0 Å². The standard InChI is InChI=1S/C19H17N7O/c1-25-17(20-12-21-25)11-27-19-15(13-8-5-9-13)10-16-22-23-18(26(16)24-19)14-6-3-2-4-7-14/h2-4,6-8,10,12H,5,9,11H2,1H3. The molecule has 0 amide bonds. The van der Waals surface area contributed by atoms with Gasteiger partial charge in [0.15, 0.2) is 17.3 Å². The topological polar surface area (TPSA) is 83.0 Å². The molecular weight excluding hydrogens is 342 g/mol. The molecule has 0 unspecified atom stereocenters. The molecule has 1 aliphatic rings. The van der Waals surface area contributed by atoms with Crippen LogP contribution in [0.25, 0.3) is 22.6 Å². The summed E-state index contributed by atoms with van der Waals surface area (Å²) in [4.78, 5) is 4.21. The number of ether oxygens (including phenoxy) is 1. The van der Waals surface area contributed by atoms with Gasteiger partial charge in [-0.05, 0) is 24.5 Å². The molecule has 0 atom stereocenters. The van der Waals surface area contributed by atoms with Gasteiger partial charge in [-0.15, -0.1) is 15.3 Å². The van der Waals surface area contributed by atoms with E-state index in [9.17, 15) is 0 Å². The van der Waals surface area contributed by atoms with E-state index in [1.165, 1.54) is 11.9 Å². The molecule has 5 rings (SSSR count). The molecule has 0 spiro atoms. The summed E-state index contributed by atoms with van der Waals surface area (Å²) in [6.45, 7) is 0.290. The van der Waals surface area contributed by atoms with Crippen molar-refractivity contribution in [2.24, 2.45) is 7.05 Å². The fourth-order valence-electron chi connectivity index (χ4n) is 3.04. The molecule has 3 aromatic heterocycles. The number of allylic oxidation sites excluding steroid dienone is 2. The Morgan fingerprint density at radius 1 is 1.15 bits per heavy atom. The smallest absolute Gasteiger partial charge is 0.240 e. The minimum Gasteiger partial charge on any atom is -0.468 e. The number of benzene rings is 1. The molecule has 0 N–H and O–H groups in total. The maximum atomic E-state index is 6.04. The van der Waals surface area contributed by atoms with Crippen LogP contribution in [0.5, 0.6) is 5.88 Å². The van der Waals surface area contributed by atoms with E-state index in [0.29, 0.717) is 17.4 Å². The summed E-state index contributed by atoms with van der Waals surface area (Å²) in [7, 11) is 1.84. The van der Waals surface area contributed by atoms with E-state index in [0.717, 1.165) is 29.8 Å². The summed E-state index contributed by atoms with van der Waals surface area (Å²) in [6, 6.07) is 11.9. The molecule has 8 heteroatoms. The zero-order valence-electron chi connectivity index (χ0n) is 14.8. The molecule has 8 nitrogen and oxygen atoms in total. The van der Waals surface area contributed by atoms with Gasteiger partial charge in [-0.25, -0.2) is 4.98 Å². The van der Waals surface area contributed by atoms with Crippen LogP contribution in [-0.2, 0) is 13.7 Å². The van der Waals surface area contributed by atoms with E-state index < -0.39 is 0 Å². The number of hydrogen-bond acceptors (Lipinski definition) is 6. The fourth-order valence-corrected chi connectivity index (χ4v) is 3.04. The average molecular weight is 359 g/mol. The van der Waals surface area contributed by atoms with Crippen LogP contribution in [0, 0.1) is 0 Å². The Kier molecular flexibility index (Phi) is 3.67. The highest BCUT2D eigenvalue weighted by Gasteiger charge is 2.20. The highest BCUT2D eigenvalue weighted by atomic mass is 16.5. The van der Waals surface area contributed by atoms with Crippen LogP contribution in [-0.4, -0.2) is 34.6 Å². The third-order valence-electron chi connectivity index (χ3n) is 4.68. The molecule has 1 aliphatic carbocycles. The SMILES string of the molecule is Cn1ncnc1COc1nn2c(-c3ccccc3)nnc2cc1C1=CCC1. The number of hydrogen-bond donors (Lipinski definition) is 0. The lowest BCUT2D eigenvalue weighted by atomic mass is 9.93. The molecular formula is C19H17N7O. The zero-order chi connectivity index (χ0) is 18.2. The first-order chi connectivity index (χ1) is 13.3. The predicted octanol–water partition coefficient (Wildman–Crippen LogP) is 2.68. The van der Waals surface area contributed by atoms with Crippen LogP contribution in [0.1, 0.15) is 24.2 Å². The predicted molar refractivity (Wildman–Crippen MR) is 98.8 cm³/mol. The lowest BCUT2D eigenvalue weighted by molar-refractivity contribution is 0.273. The summed E-state index contributed by atoms with van der Waals surface area (Å²) in [6.07, 6.45) is 5.79. The largest absolute Gasteiger partial charge is 0.468 e. The summed E-state index contributed by atoms with van der Waals surface area (Å²) in [5.74, 6) is 1.97. The second kappa shape index (κ2) is 6.31. The van der Waals surface area contributed by atoms with Gasteiger partial charge >= 0.3 is 0 Å². The van der Waals surface area contributed by atoms with E-state index in [-0.39, 0.29) is 6.61 Å². The highest BCUT2D eigenvalue weighted by molar-refractivity contribution is 5.75. The maximum Gasteiger partial charge on any atom is 0.240 e. The van der Waals surface area contributed by atoms with Crippen LogP contribution >= 0.6 is 0 Å². The first kappa shape index (κ1) is 15.7. The van der Waals surface area contributed by atoms with Crippen molar-refractivity contribution in [3.8, 4) is 17.3 Å². The summed E-state index contributed by atoms with van der Waals surface area (Å²) >= 11 is 0. The van der Waals surface area contributed by atoms with E-state index in [1.54, 1.807) is 9.20 Å². The molecule has 0 aliphatic heterocycles. The molecule has 3 heterocycles. The summed E-state index contributed by atoms with van der Waals surface area (Å²) in [5, 5.41) is 17.4. The van der Waals surface area contributed by atoms with Crippen LogP contribution in [0.4, 0.5) is 0 Å². The molecule has 0 saturated heterocycles. The first-order valence-corrected chi connectivity index (χ1v) is 8.76. The first-order valence-electron chi connectivity index (χ1n) is 8.76. The molecule has 0 bridgehead atoms. The molecule has 1 aromatic carbocycles. The fraction of sp³-hybridized carbons (Fsp3) is 0.211. The van der Waals surface area contributed by atoms with Gasteiger partial charge in [-0.2, -0.15) is 9.61 Å². The van der Waals surface area contributed by atoms with E-state index in [4.69, 9.17) is 9.84 Å². The summed E-state index contributed by atoms with van der Waals surface area (Å²) in [5.41, 5.74) is 3.83. The zero-order valence-corrected chi connectivity index (χ0v) is 14.8. The minimum absolute atomic E-state index is 0.290. The normalized spacial score (nSPS) is 13.4. The Balaban J connectivity index is 1.59. The molecule has 0 radical (unpaired) electrons. The van der Waals surface area contributed by atoms with Crippen molar-refractivity contribution < 1.29 is 4.74 Å². The van der Waals surface area contributed by atoms with Gasteiger partial charge < -0.3 is 4.74 Å². The molecule has 27 heavy (non-hydrogen) atoms. The van der Waals surface area contributed by atoms with Crippen molar-refractivity contribution in [3.63, 3.8) is 0 Å². The van der Waals surface area contributed by atoms with Gasteiger partial charge in [0.25, 0.3) is 0 Å². The molecule has 134 valence electrons. The van der Waals surface area contributed by atoms with Crippen LogP contribution in [0.15, 0.2) is 48.8 Å². The second-order valence-electron chi connectivity index (χ2n) is 6.38.